The smallest absolute Gasteiger partial charge is 0.251 e. The molecule has 2 atom stereocenters. The maximum absolute atomic E-state index is 13.9. The number of aliphatic hydroxyl groups excluding tert-OH is 2. The number of fused-ring (bicyclic) bond motifs is 1. The van der Waals surface area contributed by atoms with Crippen LogP contribution < -0.4 is 10.6 Å². The highest BCUT2D eigenvalue weighted by molar-refractivity contribution is 5.98. The molecule has 1 aliphatic rings. The van der Waals surface area contributed by atoms with Crippen molar-refractivity contribution in [1.29, 1.82) is 0 Å². The Balaban J connectivity index is 1.57. The van der Waals surface area contributed by atoms with Crippen LogP contribution >= 0.6 is 0 Å². The lowest BCUT2D eigenvalue weighted by Crippen LogP contribution is -2.23. The summed E-state index contributed by atoms with van der Waals surface area (Å²) < 4.78 is 28.9. The zero-order chi connectivity index (χ0) is 29.3. The summed E-state index contributed by atoms with van der Waals surface area (Å²) in [5.41, 5.74) is 2.17. The maximum Gasteiger partial charge on any atom is 0.251 e. The van der Waals surface area contributed by atoms with Crippen LogP contribution in [-0.2, 0) is 4.79 Å². The Morgan fingerprint density at radius 3 is 2.49 bits per heavy atom. The van der Waals surface area contributed by atoms with E-state index in [9.17, 15) is 23.8 Å². The van der Waals surface area contributed by atoms with Crippen LogP contribution in [0.5, 0.6) is 0 Å². The number of hydrogen-bond acceptors (Lipinski definition) is 7. The van der Waals surface area contributed by atoms with Crippen LogP contribution in [0, 0.1) is 23.5 Å². The van der Waals surface area contributed by atoms with E-state index in [1.807, 2.05) is 44.2 Å². The number of anilines is 1. The zero-order valence-electron chi connectivity index (χ0n) is 22.4. The molecule has 2 aromatic carbocycles. The molecule has 9 nitrogen and oxygen atoms in total. The Morgan fingerprint density at radius 1 is 1.02 bits per heavy atom. The number of benzene rings is 2. The molecule has 1 aliphatic carbocycles. The number of halogens is 2. The van der Waals surface area contributed by atoms with Crippen LogP contribution in [0.2, 0.25) is 0 Å². The Labute approximate surface area is 234 Å². The highest BCUT2D eigenvalue weighted by Gasteiger charge is 2.31. The molecule has 41 heavy (non-hydrogen) atoms. The number of likely N-dealkylation sites (N-methyl/N-ethyl adjacent to an activating group) is 1. The maximum atomic E-state index is 13.9. The van der Waals surface area contributed by atoms with Gasteiger partial charge in [-0.1, -0.05) is 37.1 Å². The number of nitrogens with zero attached hydrogens (tertiary/aromatic N) is 4. The number of rotatable bonds is 6. The highest BCUT2D eigenvalue weighted by Crippen LogP contribution is 2.35. The molecule has 2 unspecified atom stereocenters. The van der Waals surface area contributed by atoms with Crippen LogP contribution in [-0.4, -0.2) is 48.7 Å². The van der Waals surface area contributed by atoms with Gasteiger partial charge in [0, 0.05) is 31.0 Å². The number of carbonyl (C=O) groups excluding carboxylic acids is 1. The second-order valence-electron chi connectivity index (χ2n) is 9.57. The Bertz CT molecular complexity index is 1790. The van der Waals surface area contributed by atoms with Crippen LogP contribution in [0.25, 0.3) is 16.9 Å². The van der Waals surface area contributed by atoms with Gasteiger partial charge in [0.25, 0.3) is 5.91 Å². The minimum Gasteiger partial charge on any atom is -0.504 e. The molecule has 0 radical (unpaired) electrons. The van der Waals surface area contributed by atoms with Gasteiger partial charge in [-0.2, -0.15) is 0 Å². The molecule has 5 rings (SSSR count). The van der Waals surface area contributed by atoms with E-state index < -0.39 is 29.1 Å². The van der Waals surface area contributed by atoms with E-state index in [2.05, 4.69) is 37.4 Å². The monoisotopic (exact) mass is 556 g/mol. The molecule has 4 aromatic rings. The summed E-state index contributed by atoms with van der Waals surface area (Å²) in [4.78, 5) is 25.8. The molecule has 11 heteroatoms. The second-order valence-corrected chi connectivity index (χ2v) is 9.57. The fraction of sp³-hybridized carbons (Fsp3) is 0.200. The molecule has 0 aliphatic heterocycles. The summed E-state index contributed by atoms with van der Waals surface area (Å²) in [6.45, 7) is 3.74. The number of aliphatic hydroxyl groups is 2. The van der Waals surface area contributed by atoms with Crippen molar-refractivity contribution in [1.82, 2.24) is 24.8 Å². The number of amides is 1. The van der Waals surface area contributed by atoms with E-state index in [4.69, 9.17) is 0 Å². The van der Waals surface area contributed by atoms with Crippen molar-refractivity contribution in [2.45, 2.75) is 32.2 Å². The summed E-state index contributed by atoms with van der Waals surface area (Å²) in [6, 6.07) is 12.7. The molecule has 0 spiro atoms. The first-order valence-corrected chi connectivity index (χ1v) is 12.8. The van der Waals surface area contributed by atoms with Crippen molar-refractivity contribution in [2.75, 3.05) is 12.4 Å². The van der Waals surface area contributed by atoms with E-state index in [-0.39, 0.29) is 41.1 Å². The molecular weight excluding hydrogens is 530 g/mol. The lowest BCUT2D eigenvalue weighted by molar-refractivity contribution is -0.117. The molecule has 4 N–H and O–H groups in total. The van der Waals surface area contributed by atoms with Gasteiger partial charge in [0.1, 0.15) is 6.33 Å². The molecule has 0 bridgehead atoms. The summed E-state index contributed by atoms with van der Waals surface area (Å²) in [5, 5.41) is 26.8. The van der Waals surface area contributed by atoms with Crippen LogP contribution in [0.15, 0.2) is 71.9 Å². The highest BCUT2D eigenvalue weighted by atomic mass is 19.2. The topological polar surface area (TPSA) is 125 Å². The predicted octanol–water partition coefficient (Wildman–Crippen LogP) is 4.80. The van der Waals surface area contributed by atoms with E-state index in [1.165, 1.54) is 24.0 Å². The van der Waals surface area contributed by atoms with Gasteiger partial charge >= 0.3 is 0 Å². The minimum atomic E-state index is -0.930. The quantitative estimate of drug-likeness (QED) is 0.252. The largest absolute Gasteiger partial charge is 0.504 e. The lowest BCUT2D eigenvalue weighted by Gasteiger charge is -2.22. The third-order valence-electron chi connectivity index (χ3n) is 6.99. The number of imidazole rings is 1. The van der Waals surface area contributed by atoms with Gasteiger partial charge in [0.05, 0.1) is 11.3 Å². The molecular formula is C30H26F2N6O3. The van der Waals surface area contributed by atoms with Crippen molar-refractivity contribution in [2.24, 2.45) is 0 Å². The summed E-state index contributed by atoms with van der Waals surface area (Å²) in [6.07, 6.45) is 1.35. The van der Waals surface area contributed by atoms with Crippen molar-refractivity contribution >= 4 is 28.6 Å². The van der Waals surface area contributed by atoms with Gasteiger partial charge < -0.3 is 20.8 Å². The van der Waals surface area contributed by atoms with E-state index >= 15 is 0 Å². The fourth-order valence-electron chi connectivity index (χ4n) is 4.48. The Hall–Kier alpha value is -5.24. The summed E-state index contributed by atoms with van der Waals surface area (Å²) in [5.74, 6) is 2.84. The molecule has 0 saturated carbocycles. The first-order chi connectivity index (χ1) is 19.7. The van der Waals surface area contributed by atoms with Crippen molar-refractivity contribution in [3.8, 4) is 11.8 Å². The first kappa shape index (κ1) is 27.3. The number of nitrogens with one attached hydrogen (secondary N) is 2. The zero-order valence-corrected chi connectivity index (χ0v) is 22.4. The predicted molar refractivity (Wildman–Crippen MR) is 150 cm³/mol. The van der Waals surface area contributed by atoms with Crippen molar-refractivity contribution in [3.05, 3.63) is 101 Å². The average Bonchev–Trinajstić information content (AvgIpc) is 3.53. The third-order valence-corrected chi connectivity index (χ3v) is 6.99. The molecule has 2 aromatic heterocycles. The first-order valence-electron chi connectivity index (χ1n) is 12.8. The molecule has 208 valence electrons. The normalized spacial score (nSPS) is 14.6. The van der Waals surface area contributed by atoms with Crippen molar-refractivity contribution in [3.63, 3.8) is 0 Å². The summed E-state index contributed by atoms with van der Waals surface area (Å²) in [7, 11) is 1.43. The Kier molecular flexibility index (Phi) is 7.40. The second kappa shape index (κ2) is 11.1. The molecule has 2 heterocycles. The van der Waals surface area contributed by atoms with E-state index in [0.29, 0.717) is 16.9 Å². The lowest BCUT2D eigenvalue weighted by atomic mass is 9.94. The van der Waals surface area contributed by atoms with Crippen LogP contribution in [0.3, 0.4) is 0 Å². The van der Waals surface area contributed by atoms with Gasteiger partial charge in [-0.3, -0.25) is 9.36 Å². The number of allylic oxidation sites excluding steroid dienone is 1. The Morgan fingerprint density at radius 2 is 1.78 bits per heavy atom. The molecule has 1 amide bonds. The number of carbonyl (C=O) groups is 1. The van der Waals surface area contributed by atoms with Crippen LogP contribution in [0.1, 0.15) is 43.1 Å². The third kappa shape index (κ3) is 5.32. The van der Waals surface area contributed by atoms with Crippen LogP contribution in [0.4, 0.5) is 14.6 Å². The van der Waals surface area contributed by atoms with Crippen molar-refractivity contribution < 1.29 is 23.8 Å². The standard InChI is InChI=1S/C30H26F2N6O3/c1-16(19-10-11-21(31)22(32)13-19)17(2)35-28-25-29(37-24(36-28)12-9-18-7-5-4-6-8-18)38(15-34-25)23-14-20(30(41)33-3)26(39)27(23)40/h4-8,10-11,13,15-17,39-40H,14H2,1-3H3,(H,33,41)(H,35,36,37). The SMILES string of the molecule is CNC(=O)C1=C(O)C(O)=C(n2cnc3c(NC(C)C(C)c4ccc(F)c(F)c4)nc(C#Cc4ccccc4)nc32)C1. The van der Waals surface area contributed by atoms with E-state index in [1.54, 1.807) is 0 Å². The van der Waals surface area contributed by atoms with Gasteiger partial charge in [-0.25, -0.2) is 23.7 Å². The molecule has 0 fully saturated rings. The fourth-order valence-corrected chi connectivity index (χ4v) is 4.48. The molecule has 0 saturated heterocycles. The number of hydrogen-bond donors (Lipinski definition) is 4. The van der Waals surface area contributed by atoms with Gasteiger partial charge in [-0.05, 0) is 42.7 Å². The van der Waals surface area contributed by atoms with Gasteiger partial charge in [0.15, 0.2) is 40.1 Å². The summed E-state index contributed by atoms with van der Waals surface area (Å²) >= 11 is 0. The van der Waals surface area contributed by atoms with Gasteiger partial charge in [-0.15, -0.1) is 0 Å². The minimum absolute atomic E-state index is 0.00678. The average molecular weight is 557 g/mol. The van der Waals surface area contributed by atoms with E-state index in [0.717, 1.165) is 17.7 Å². The van der Waals surface area contributed by atoms with Gasteiger partial charge in [0.2, 0.25) is 5.82 Å². The number of aromatic nitrogens is 4.